The maximum absolute atomic E-state index is 9.42. The van der Waals surface area contributed by atoms with Crippen LogP contribution in [0.1, 0.15) is 38.5 Å². The fourth-order valence-corrected chi connectivity index (χ4v) is 3.05. The second-order valence-electron chi connectivity index (χ2n) is 5.27. The third kappa shape index (κ3) is 3.44. The van der Waals surface area contributed by atoms with Crippen molar-refractivity contribution in [2.45, 2.75) is 44.6 Å². The summed E-state index contributed by atoms with van der Waals surface area (Å²) in [6.07, 6.45) is 7.84. The Morgan fingerprint density at radius 3 is 2.19 bits per heavy atom. The topological polar surface area (TPSA) is 26.7 Å². The van der Waals surface area contributed by atoms with Crippen molar-refractivity contribution in [2.75, 3.05) is 39.3 Å². The molecular weight excluding hydrogens is 200 g/mol. The molecule has 2 aliphatic rings. The van der Waals surface area contributed by atoms with Crippen LogP contribution in [0.2, 0.25) is 0 Å². The number of likely N-dealkylation sites (tertiary alicyclic amines) is 2. The summed E-state index contributed by atoms with van der Waals surface area (Å²) >= 11 is 0. The molecule has 2 aliphatic heterocycles. The highest BCUT2D eigenvalue weighted by Crippen LogP contribution is 2.16. The van der Waals surface area contributed by atoms with Crippen molar-refractivity contribution < 1.29 is 5.11 Å². The number of hydrogen-bond donors (Lipinski definition) is 1. The summed E-state index contributed by atoms with van der Waals surface area (Å²) in [6.45, 7) is 6.59. The van der Waals surface area contributed by atoms with Crippen molar-refractivity contribution in [3.05, 3.63) is 0 Å². The van der Waals surface area contributed by atoms with Crippen LogP contribution in [0.25, 0.3) is 0 Å². The summed E-state index contributed by atoms with van der Waals surface area (Å²) in [5, 5.41) is 9.42. The number of aliphatic hydroxyl groups excluding tert-OH is 1. The molecule has 0 spiro atoms. The van der Waals surface area contributed by atoms with Gasteiger partial charge < -0.3 is 10.0 Å². The van der Waals surface area contributed by atoms with Gasteiger partial charge in [0, 0.05) is 6.04 Å². The first kappa shape index (κ1) is 12.3. The van der Waals surface area contributed by atoms with Crippen molar-refractivity contribution in [2.24, 2.45) is 0 Å². The lowest BCUT2D eigenvalue weighted by Crippen LogP contribution is -2.36. The molecule has 0 bridgehead atoms. The summed E-state index contributed by atoms with van der Waals surface area (Å²) in [5.74, 6) is 0. The van der Waals surface area contributed by atoms with Crippen molar-refractivity contribution in [3.63, 3.8) is 0 Å². The van der Waals surface area contributed by atoms with Crippen molar-refractivity contribution in [1.29, 1.82) is 0 Å². The van der Waals surface area contributed by atoms with Crippen LogP contribution in [0.4, 0.5) is 0 Å². The van der Waals surface area contributed by atoms with Crippen LogP contribution in [0.15, 0.2) is 0 Å². The zero-order chi connectivity index (χ0) is 11.2. The highest BCUT2D eigenvalue weighted by atomic mass is 16.3. The number of hydrogen-bond acceptors (Lipinski definition) is 3. The minimum Gasteiger partial charge on any atom is -0.395 e. The lowest BCUT2D eigenvalue weighted by atomic mass is 10.1. The van der Waals surface area contributed by atoms with Crippen LogP contribution in [0.3, 0.4) is 0 Å². The molecule has 1 unspecified atom stereocenters. The Balaban J connectivity index is 1.62. The second-order valence-corrected chi connectivity index (χ2v) is 5.27. The summed E-state index contributed by atoms with van der Waals surface area (Å²) < 4.78 is 0. The van der Waals surface area contributed by atoms with E-state index < -0.39 is 0 Å². The Bertz CT molecular complexity index is 186. The van der Waals surface area contributed by atoms with Crippen molar-refractivity contribution >= 4 is 0 Å². The molecule has 2 fully saturated rings. The summed E-state index contributed by atoms with van der Waals surface area (Å²) in [4.78, 5) is 5.04. The molecule has 2 rings (SSSR count). The molecule has 0 aliphatic carbocycles. The lowest BCUT2D eigenvalue weighted by molar-refractivity contribution is 0.134. The molecule has 2 saturated heterocycles. The fourth-order valence-electron chi connectivity index (χ4n) is 3.05. The van der Waals surface area contributed by atoms with Gasteiger partial charge >= 0.3 is 0 Å². The second kappa shape index (κ2) is 6.58. The average molecular weight is 226 g/mol. The Kier molecular flexibility index (Phi) is 5.07. The highest BCUT2D eigenvalue weighted by molar-refractivity contribution is 4.76. The van der Waals surface area contributed by atoms with E-state index in [9.17, 15) is 5.11 Å². The summed E-state index contributed by atoms with van der Waals surface area (Å²) in [7, 11) is 0. The largest absolute Gasteiger partial charge is 0.395 e. The van der Waals surface area contributed by atoms with E-state index in [0.717, 1.165) is 0 Å². The standard InChI is InChI=1S/C13H26N2O/c16-12-13(15-10-3-4-11-15)6-5-9-14-7-1-2-8-14/h13,16H,1-12H2. The Labute approximate surface area is 99.4 Å². The van der Waals surface area contributed by atoms with Crippen LogP contribution in [0, 0.1) is 0 Å². The zero-order valence-electron chi connectivity index (χ0n) is 10.4. The Morgan fingerprint density at radius 1 is 0.938 bits per heavy atom. The molecule has 16 heavy (non-hydrogen) atoms. The van der Waals surface area contributed by atoms with E-state index in [1.165, 1.54) is 71.2 Å². The molecule has 0 aromatic heterocycles. The molecule has 0 saturated carbocycles. The normalized spacial score (nSPS) is 25.3. The minimum absolute atomic E-state index is 0.347. The predicted octanol–water partition coefficient (Wildman–Crippen LogP) is 1.32. The molecule has 3 nitrogen and oxygen atoms in total. The Hall–Kier alpha value is -0.120. The van der Waals surface area contributed by atoms with Crippen LogP contribution < -0.4 is 0 Å². The molecule has 0 aromatic carbocycles. The first-order valence-corrected chi connectivity index (χ1v) is 6.97. The maximum atomic E-state index is 9.42. The molecular formula is C13H26N2O. The van der Waals surface area contributed by atoms with Gasteiger partial charge in [0.25, 0.3) is 0 Å². The number of rotatable bonds is 6. The van der Waals surface area contributed by atoms with Crippen LogP contribution >= 0.6 is 0 Å². The van der Waals surface area contributed by atoms with Gasteiger partial charge in [0.05, 0.1) is 6.61 Å². The van der Waals surface area contributed by atoms with Crippen LogP contribution in [-0.2, 0) is 0 Å². The minimum atomic E-state index is 0.347. The van der Waals surface area contributed by atoms with Gasteiger partial charge in [0.1, 0.15) is 0 Å². The van der Waals surface area contributed by atoms with Gasteiger partial charge in [-0.1, -0.05) is 0 Å². The summed E-state index contributed by atoms with van der Waals surface area (Å²) in [5.41, 5.74) is 0. The highest BCUT2D eigenvalue weighted by Gasteiger charge is 2.21. The molecule has 94 valence electrons. The molecule has 3 heteroatoms. The lowest BCUT2D eigenvalue weighted by Gasteiger charge is -2.26. The van der Waals surface area contributed by atoms with Gasteiger partial charge in [0.15, 0.2) is 0 Å². The van der Waals surface area contributed by atoms with Crippen LogP contribution in [-0.4, -0.2) is 60.3 Å². The SMILES string of the molecule is OCC(CCCN1CCCC1)N1CCCC1. The first-order valence-electron chi connectivity index (χ1n) is 6.97. The number of nitrogens with zero attached hydrogens (tertiary/aromatic N) is 2. The monoisotopic (exact) mass is 226 g/mol. The van der Waals surface area contributed by atoms with E-state index in [0.29, 0.717) is 12.6 Å². The van der Waals surface area contributed by atoms with Gasteiger partial charge in [-0.15, -0.1) is 0 Å². The van der Waals surface area contributed by atoms with Gasteiger partial charge in [0.2, 0.25) is 0 Å². The fraction of sp³-hybridized carbons (Fsp3) is 1.00. The van der Waals surface area contributed by atoms with E-state index in [-0.39, 0.29) is 0 Å². The van der Waals surface area contributed by atoms with Crippen LogP contribution in [0.5, 0.6) is 0 Å². The van der Waals surface area contributed by atoms with Gasteiger partial charge in [-0.3, -0.25) is 4.90 Å². The molecule has 2 heterocycles. The molecule has 1 atom stereocenters. The maximum Gasteiger partial charge on any atom is 0.0586 e. The number of aliphatic hydroxyl groups is 1. The first-order chi connectivity index (χ1) is 7.90. The summed E-state index contributed by atoms with van der Waals surface area (Å²) in [6, 6.07) is 0.435. The molecule has 0 radical (unpaired) electrons. The zero-order valence-corrected chi connectivity index (χ0v) is 10.4. The van der Waals surface area contributed by atoms with Crippen molar-refractivity contribution in [1.82, 2.24) is 9.80 Å². The molecule has 0 aromatic rings. The van der Waals surface area contributed by atoms with E-state index in [1.54, 1.807) is 0 Å². The van der Waals surface area contributed by atoms with Crippen molar-refractivity contribution in [3.8, 4) is 0 Å². The average Bonchev–Trinajstić information content (AvgIpc) is 2.96. The van der Waals surface area contributed by atoms with Gasteiger partial charge in [-0.05, 0) is 71.2 Å². The Morgan fingerprint density at radius 2 is 1.56 bits per heavy atom. The smallest absolute Gasteiger partial charge is 0.0586 e. The van der Waals surface area contributed by atoms with E-state index in [4.69, 9.17) is 0 Å². The predicted molar refractivity (Wildman–Crippen MR) is 66.6 cm³/mol. The molecule has 1 N–H and O–H groups in total. The van der Waals surface area contributed by atoms with E-state index >= 15 is 0 Å². The van der Waals surface area contributed by atoms with E-state index in [1.807, 2.05) is 0 Å². The third-order valence-electron chi connectivity index (χ3n) is 4.08. The quantitative estimate of drug-likeness (QED) is 0.740. The van der Waals surface area contributed by atoms with Gasteiger partial charge in [-0.25, -0.2) is 0 Å². The van der Waals surface area contributed by atoms with E-state index in [2.05, 4.69) is 9.80 Å². The van der Waals surface area contributed by atoms with Gasteiger partial charge in [-0.2, -0.15) is 0 Å². The molecule has 0 amide bonds. The third-order valence-corrected chi connectivity index (χ3v) is 4.08.